The predicted molar refractivity (Wildman–Crippen MR) is 89.3 cm³/mol. The first-order valence-electron chi connectivity index (χ1n) is 8.73. The Kier molecular flexibility index (Phi) is 12.3. The lowest BCUT2D eigenvalue weighted by Gasteiger charge is -2.17. The van der Waals surface area contributed by atoms with E-state index in [1.807, 2.05) is 18.9 Å². The van der Waals surface area contributed by atoms with Crippen LogP contribution in [0.15, 0.2) is 0 Å². The van der Waals surface area contributed by atoms with Crippen molar-refractivity contribution in [2.75, 3.05) is 13.6 Å². The lowest BCUT2D eigenvalue weighted by molar-refractivity contribution is -0.130. The van der Waals surface area contributed by atoms with E-state index in [9.17, 15) is 9.59 Å². The number of unbranched alkanes of at least 4 members (excludes halogenated alkanes) is 4. The smallest absolute Gasteiger partial charge is 0.222 e. The van der Waals surface area contributed by atoms with E-state index >= 15 is 0 Å². The average Bonchev–Trinajstić information content (AvgIpc) is 2.45. The van der Waals surface area contributed by atoms with Crippen LogP contribution < -0.4 is 0 Å². The van der Waals surface area contributed by atoms with Crippen molar-refractivity contribution in [1.82, 2.24) is 4.90 Å². The number of Topliss-reactive ketones (excluding diaryl/α,β-unsaturated/α-hetero) is 1. The molecule has 0 spiro atoms. The van der Waals surface area contributed by atoms with Crippen molar-refractivity contribution in [2.24, 2.45) is 5.92 Å². The van der Waals surface area contributed by atoms with Crippen molar-refractivity contribution < 1.29 is 9.59 Å². The van der Waals surface area contributed by atoms with Crippen molar-refractivity contribution in [2.45, 2.75) is 85.0 Å². The zero-order chi connectivity index (χ0) is 16.1. The van der Waals surface area contributed by atoms with Gasteiger partial charge in [-0.3, -0.25) is 9.59 Å². The summed E-state index contributed by atoms with van der Waals surface area (Å²) >= 11 is 0. The zero-order valence-electron chi connectivity index (χ0n) is 14.6. The summed E-state index contributed by atoms with van der Waals surface area (Å²) in [6.45, 7) is 7.24. The Morgan fingerprint density at radius 2 is 1.48 bits per heavy atom. The van der Waals surface area contributed by atoms with Crippen LogP contribution in [-0.4, -0.2) is 30.2 Å². The molecule has 21 heavy (non-hydrogen) atoms. The Bertz CT molecular complexity index is 287. The summed E-state index contributed by atoms with van der Waals surface area (Å²) in [5, 5.41) is 0. The van der Waals surface area contributed by atoms with Gasteiger partial charge in [-0.05, 0) is 31.6 Å². The number of carbonyl (C=O) groups excluding carboxylic acids is 2. The fourth-order valence-electron chi connectivity index (χ4n) is 2.36. The number of ketones is 1. The number of nitrogens with zero attached hydrogens (tertiary/aromatic N) is 1. The molecule has 0 rings (SSSR count). The van der Waals surface area contributed by atoms with E-state index in [2.05, 4.69) is 13.8 Å². The second kappa shape index (κ2) is 12.8. The van der Waals surface area contributed by atoms with E-state index in [1.165, 1.54) is 6.42 Å². The Balaban J connectivity index is 3.46. The molecule has 0 unspecified atom stereocenters. The SMILES string of the molecule is CCC(=O)CCCCCCCC(=O)N(C)CCCC(C)C. The van der Waals surface area contributed by atoms with Gasteiger partial charge in [-0.2, -0.15) is 0 Å². The highest BCUT2D eigenvalue weighted by molar-refractivity contribution is 5.77. The van der Waals surface area contributed by atoms with Gasteiger partial charge in [-0.1, -0.05) is 40.0 Å². The summed E-state index contributed by atoms with van der Waals surface area (Å²) < 4.78 is 0. The van der Waals surface area contributed by atoms with E-state index in [1.54, 1.807) is 0 Å². The fraction of sp³-hybridized carbons (Fsp3) is 0.889. The molecule has 0 aliphatic carbocycles. The highest BCUT2D eigenvalue weighted by Crippen LogP contribution is 2.10. The molecule has 0 saturated carbocycles. The number of hydrogen-bond donors (Lipinski definition) is 0. The number of rotatable bonds is 13. The number of amides is 1. The molecule has 0 radical (unpaired) electrons. The molecule has 0 fully saturated rings. The standard InChI is InChI=1S/C18H35NO2/c1-5-17(20)13-9-7-6-8-10-14-18(21)19(4)15-11-12-16(2)3/h16H,5-15H2,1-4H3. The molecule has 0 atom stereocenters. The molecule has 0 aliphatic rings. The Morgan fingerprint density at radius 1 is 0.905 bits per heavy atom. The predicted octanol–water partition coefficient (Wildman–Crippen LogP) is 4.59. The summed E-state index contributed by atoms with van der Waals surface area (Å²) in [7, 11) is 1.92. The van der Waals surface area contributed by atoms with Gasteiger partial charge in [0.25, 0.3) is 0 Å². The highest BCUT2D eigenvalue weighted by atomic mass is 16.2. The fourth-order valence-corrected chi connectivity index (χ4v) is 2.36. The van der Waals surface area contributed by atoms with E-state index in [0.29, 0.717) is 24.5 Å². The molecule has 0 saturated heterocycles. The van der Waals surface area contributed by atoms with Crippen molar-refractivity contribution in [3.63, 3.8) is 0 Å². The summed E-state index contributed by atoms with van der Waals surface area (Å²) in [5.41, 5.74) is 0. The normalized spacial score (nSPS) is 10.9. The molecule has 0 aromatic heterocycles. The van der Waals surface area contributed by atoms with Gasteiger partial charge >= 0.3 is 0 Å². The topological polar surface area (TPSA) is 37.4 Å². The molecule has 0 bridgehead atoms. The largest absolute Gasteiger partial charge is 0.346 e. The average molecular weight is 297 g/mol. The Labute approximate surface area is 131 Å². The third-order valence-electron chi connectivity index (χ3n) is 3.94. The van der Waals surface area contributed by atoms with Crippen LogP contribution in [0.2, 0.25) is 0 Å². The maximum absolute atomic E-state index is 11.9. The van der Waals surface area contributed by atoms with Crippen molar-refractivity contribution in [1.29, 1.82) is 0 Å². The molecule has 1 amide bonds. The molecule has 0 aromatic carbocycles. The number of carbonyl (C=O) groups is 2. The number of hydrogen-bond acceptors (Lipinski definition) is 2. The first kappa shape index (κ1) is 20.1. The quantitative estimate of drug-likeness (QED) is 0.466. The Hall–Kier alpha value is -0.860. The third kappa shape index (κ3) is 12.6. The lowest BCUT2D eigenvalue weighted by Crippen LogP contribution is -2.27. The van der Waals surface area contributed by atoms with Gasteiger partial charge in [0.2, 0.25) is 5.91 Å². The summed E-state index contributed by atoms with van der Waals surface area (Å²) in [6.07, 6.45) is 9.71. The maximum atomic E-state index is 11.9. The minimum Gasteiger partial charge on any atom is -0.346 e. The zero-order valence-corrected chi connectivity index (χ0v) is 14.6. The highest BCUT2D eigenvalue weighted by Gasteiger charge is 2.08. The van der Waals surface area contributed by atoms with Crippen molar-refractivity contribution >= 4 is 11.7 Å². The van der Waals surface area contributed by atoms with Crippen LogP contribution in [0, 0.1) is 5.92 Å². The first-order chi connectivity index (χ1) is 9.97. The monoisotopic (exact) mass is 297 g/mol. The molecule has 124 valence electrons. The van der Waals surface area contributed by atoms with Gasteiger partial charge in [0.1, 0.15) is 5.78 Å². The molecule has 3 heteroatoms. The van der Waals surface area contributed by atoms with Gasteiger partial charge in [-0.25, -0.2) is 0 Å². The van der Waals surface area contributed by atoms with E-state index in [0.717, 1.165) is 51.5 Å². The van der Waals surface area contributed by atoms with Crippen LogP contribution in [0.5, 0.6) is 0 Å². The third-order valence-corrected chi connectivity index (χ3v) is 3.94. The van der Waals surface area contributed by atoms with Crippen LogP contribution in [0.1, 0.15) is 85.0 Å². The van der Waals surface area contributed by atoms with Crippen LogP contribution in [0.25, 0.3) is 0 Å². The minimum atomic E-state index is 0.278. The molecule has 0 heterocycles. The summed E-state index contributed by atoms with van der Waals surface area (Å²) in [4.78, 5) is 24.9. The van der Waals surface area contributed by atoms with Gasteiger partial charge in [-0.15, -0.1) is 0 Å². The molecular formula is C18H35NO2. The van der Waals surface area contributed by atoms with Crippen LogP contribution in [0.3, 0.4) is 0 Å². The van der Waals surface area contributed by atoms with Gasteiger partial charge in [0.05, 0.1) is 0 Å². The van der Waals surface area contributed by atoms with Gasteiger partial charge in [0, 0.05) is 32.9 Å². The lowest BCUT2D eigenvalue weighted by atomic mass is 10.1. The second-order valence-electron chi connectivity index (χ2n) is 6.51. The van der Waals surface area contributed by atoms with Gasteiger partial charge < -0.3 is 4.90 Å². The van der Waals surface area contributed by atoms with Gasteiger partial charge in [0.15, 0.2) is 0 Å². The Morgan fingerprint density at radius 3 is 2.05 bits per heavy atom. The molecule has 0 aromatic rings. The van der Waals surface area contributed by atoms with Crippen LogP contribution in [-0.2, 0) is 9.59 Å². The second-order valence-corrected chi connectivity index (χ2v) is 6.51. The molecule has 0 N–H and O–H groups in total. The summed E-state index contributed by atoms with van der Waals surface area (Å²) in [5.74, 6) is 1.36. The molecule has 3 nitrogen and oxygen atoms in total. The molecule has 0 aliphatic heterocycles. The first-order valence-corrected chi connectivity index (χ1v) is 8.73. The van der Waals surface area contributed by atoms with E-state index < -0.39 is 0 Å². The van der Waals surface area contributed by atoms with Crippen LogP contribution in [0.4, 0.5) is 0 Å². The van der Waals surface area contributed by atoms with Crippen molar-refractivity contribution in [3.05, 3.63) is 0 Å². The van der Waals surface area contributed by atoms with Crippen molar-refractivity contribution in [3.8, 4) is 0 Å². The minimum absolute atomic E-state index is 0.278. The van der Waals surface area contributed by atoms with E-state index in [-0.39, 0.29) is 5.91 Å². The van der Waals surface area contributed by atoms with Crippen LogP contribution >= 0.6 is 0 Å². The molecular weight excluding hydrogens is 262 g/mol. The maximum Gasteiger partial charge on any atom is 0.222 e. The van der Waals surface area contributed by atoms with E-state index in [4.69, 9.17) is 0 Å². The summed E-state index contributed by atoms with van der Waals surface area (Å²) in [6, 6.07) is 0.